The zero-order chi connectivity index (χ0) is 18.8. The Morgan fingerprint density at radius 1 is 1.12 bits per heavy atom. The second kappa shape index (κ2) is 7.28. The quantitative estimate of drug-likeness (QED) is 0.787. The third-order valence-electron chi connectivity index (χ3n) is 4.22. The van der Waals surface area contributed by atoms with Crippen molar-refractivity contribution in [1.29, 1.82) is 0 Å². The van der Waals surface area contributed by atoms with E-state index in [2.05, 4.69) is 9.97 Å². The van der Waals surface area contributed by atoms with Crippen molar-refractivity contribution in [1.82, 2.24) is 19.1 Å². The van der Waals surface area contributed by atoms with Crippen LogP contribution < -0.4 is 11.2 Å². The third kappa shape index (κ3) is 3.10. The minimum atomic E-state index is -2.25. The molecule has 0 spiro atoms. The predicted octanol–water partition coefficient (Wildman–Crippen LogP) is 1.10. The first-order valence-electron chi connectivity index (χ1n) is 8.55. The number of H-pyrrole nitrogens is 1. The largest absolute Gasteiger partial charge is 0.332 e. The van der Waals surface area contributed by atoms with Gasteiger partial charge in [-0.15, -0.1) is 0 Å². The van der Waals surface area contributed by atoms with Crippen molar-refractivity contribution in [3.63, 3.8) is 0 Å². The molecule has 1 aliphatic carbocycles. The Morgan fingerprint density at radius 3 is 2.38 bits per heavy atom. The number of aromatic amines is 1. The molecular weight excluding hydrogens is 356 g/mol. The van der Waals surface area contributed by atoms with Crippen molar-refractivity contribution in [3.05, 3.63) is 44.9 Å². The van der Waals surface area contributed by atoms with Crippen LogP contribution in [0.15, 0.2) is 27.8 Å². The number of allylic oxidation sites excluding steroid dienone is 4. The van der Waals surface area contributed by atoms with Gasteiger partial charge in [-0.2, -0.15) is 8.42 Å². The van der Waals surface area contributed by atoms with Crippen molar-refractivity contribution >= 4 is 31.9 Å². The molecule has 0 aliphatic heterocycles. The summed E-state index contributed by atoms with van der Waals surface area (Å²) < 4.78 is 24.8. The van der Waals surface area contributed by atoms with Crippen LogP contribution in [-0.4, -0.2) is 32.4 Å². The highest BCUT2D eigenvalue weighted by atomic mass is 32.2. The molecule has 0 saturated carbocycles. The van der Waals surface area contributed by atoms with Crippen LogP contribution in [-0.2, 0) is 23.4 Å². The number of aromatic nitrogens is 4. The number of fused-ring (bicyclic) bond motifs is 1. The second-order valence-electron chi connectivity index (χ2n) is 6.07. The monoisotopic (exact) mass is 376 g/mol. The molecule has 3 rings (SSSR count). The van der Waals surface area contributed by atoms with E-state index in [-0.39, 0.29) is 28.1 Å². The minimum Gasteiger partial charge on any atom is -0.332 e. The molecular formula is C17H20N4O4S. The zero-order valence-corrected chi connectivity index (χ0v) is 15.5. The molecule has 2 heterocycles. The van der Waals surface area contributed by atoms with Gasteiger partial charge in [-0.05, 0) is 18.9 Å². The molecule has 0 saturated heterocycles. The number of hydrogen-bond acceptors (Lipinski definition) is 5. The van der Waals surface area contributed by atoms with Crippen molar-refractivity contribution in [3.8, 4) is 0 Å². The molecule has 0 atom stereocenters. The number of hydrogen-bond donors (Lipinski definition) is 1. The van der Waals surface area contributed by atoms with E-state index in [1.807, 2.05) is 13.8 Å². The van der Waals surface area contributed by atoms with Crippen molar-refractivity contribution < 1.29 is 8.42 Å². The molecule has 0 aromatic carbocycles. The molecule has 0 fully saturated rings. The maximum absolute atomic E-state index is 12.7. The van der Waals surface area contributed by atoms with Gasteiger partial charge in [0.15, 0.2) is 5.65 Å². The van der Waals surface area contributed by atoms with Gasteiger partial charge < -0.3 is 4.98 Å². The van der Waals surface area contributed by atoms with Crippen molar-refractivity contribution in [2.24, 2.45) is 0 Å². The summed E-state index contributed by atoms with van der Waals surface area (Å²) in [6, 6.07) is 0. The summed E-state index contributed by atoms with van der Waals surface area (Å²) in [5.41, 5.74) is 0.576. The Kier molecular flexibility index (Phi) is 5.08. The normalized spacial score (nSPS) is 14.1. The number of nitrogens with zero attached hydrogens (tertiary/aromatic N) is 3. The second-order valence-corrected chi connectivity index (χ2v) is 7.07. The fraction of sp³-hybridized carbons (Fsp3) is 0.412. The molecule has 0 radical (unpaired) electrons. The van der Waals surface area contributed by atoms with E-state index in [0.717, 1.165) is 6.42 Å². The first-order chi connectivity index (χ1) is 12.5. The summed E-state index contributed by atoms with van der Waals surface area (Å²) in [5, 5.41) is 0. The van der Waals surface area contributed by atoms with Crippen LogP contribution in [0.25, 0.3) is 16.7 Å². The molecule has 1 aliphatic rings. The van der Waals surface area contributed by atoms with Gasteiger partial charge in [-0.25, -0.2) is 9.78 Å². The molecule has 0 unspecified atom stereocenters. The fourth-order valence-corrected chi connectivity index (χ4v) is 3.38. The number of rotatable bonds is 5. The van der Waals surface area contributed by atoms with E-state index >= 15 is 0 Å². The van der Waals surface area contributed by atoms with E-state index in [4.69, 9.17) is 0 Å². The summed E-state index contributed by atoms with van der Waals surface area (Å²) in [6.45, 7) is 4.67. The van der Waals surface area contributed by atoms with Gasteiger partial charge in [0.05, 0.1) is 4.86 Å². The van der Waals surface area contributed by atoms with Gasteiger partial charge >= 0.3 is 5.69 Å². The number of nitrogens with one attached hydrogen (secondary N) is 1. The standard InChI is InChI=1S/C17H20N4O4S/c1-3-9-20-15-13(16(22)21(10-4-2)17(20)23)18-14(19-15)11-5-7-12(8-6-11)26(24)25/h5-7H,3-4,8-10H2,1-2H3,(H,18,19). The van der Waals surface area contributed by atoms with E-state index in [9.17, 15) is 18.0 Å². The lowest BCUT2D eigenvalue weighted by Crippen LogP contribution is -2.40. The van der Waals surface area contributed by atoms with Gasteiger partial charge in [0.25, 0.3) is 5.56 Å². The molecule has 0 bridgehead atoms. The molecule has 2 aromatic heterocycles. The molecule has 9 heteroatoms. The van der Waals surface area contributed by atoms with E-state index < -0.39 is 10.3 Å². The summed E-state index contributed by atoms with van der Waals surface area (Å²) in [4.78, 5) is 33.1. The zero-order valence-electron chi connectivity index (χ0n) is 14.7. The van der Waals surface area contributed by atoms with E-state index in [1.54, 1.807) is 12.2 Å². The summed E-state index contributed by atoms with van der Waals surface area (Å²) in [6.07, 6.45) is 6.56. The van der Waals surface area contributed by atoms with Gasteiger partial charge in [0.1, 0.15) is 11.3 Å². The average Bonchev–Trinajstić information content (AvgIpc) is 3.08. The van der Waals surface area contributed by atoms with Gasteiger partial charge in [0, 0.05) is 25.1 Å². The predicted molar refractivity (Wildman–Crippen MR) is 101 cm³/mol. The van der Waals surface area contributed by atoms with Gasteiger partial charge in [0.2, 0.25) is 10.3 Å². The highest BCUT2D eigenvalue weighted by Gasteiger charge is 2.18. The molecule has 8 nitrogen and oxygen atoms in total. The highest BCUT2D eigenvalue weighted by molar-refractivity contribution is 7.73. The molecule has 0 amide bonds. The van der Waals surface area contributed by atoms with E-state index in [0.29, 0.717) is 36.6 Å². The molecule has 1 N–H and O–H groups in total. The van der Waals surface area contributed by atoms with Gasteiger partial charge in [-0.3, -0.25) is 13.9 Å². The number of aryl methyl sites for hydroxylation is 1. The van der Waals surface area contributed by atoms with Crippen LogP contribution in [0.4, 0.5) is 0 Å². The molecule has 26 heavy (non-hydrogen) atoms. The van der Waals surface area contributed by atoms with Crippen LogP contribution in [0, 0.1) is 0 Å². The Bertz CT molecular complexity index is 1170. The Balaban J connectivity index is 2.20. The lowest BCUT2D eigenvalue weighted by Gasteiger charge is -2.09. The topological polar surface area (TPSA) is 107 Å². The van der Waals surface area contributed by atoms with Gasteiger partial charge in [-0.1, -0.05) is 26.0 Å². The maximum atomic E-state index is 12.7. The molecule has 138 valence electrons. The van der Waals surface area contributed by atoms with Crippen LogP contribution in [0.3, 0.4) is 0 Å². The smallest absolute Gasteiger partial charge is 0.332 e. The van der Waals surface area contributed by atoms with E-state index in [1.165, 1.54) is 15.2 Å². The van der Waals surface area contributed by atoms with Crippen LogP contribution >= 0.6 is 0 Å². The first kappa shape index (κ1) is 18.1. The first-order valence-corrected chi connectivity index (χ1v) is 9.62. The SMILES string of the molecule is CCCn1c(=O)c2[nH]c(C3=CCC(=S(=O)=O)C=C3)nc2n(CCC)c1=O. The summed E-state index contributed by atoms with van der Waals surface area (Å²) in [5.74, 6) is 0.447. The van der Waals surface area contributed by atoms with Crippen molar-refractivity contribution in [2.75, 3.05) is 0 Å². The average molecular weight is 376 g/mol. The highest BCUT2D eigenvalue weighted by Crippen LogP contribution is 2.19. The van der Waals surface area contributed by atoms with Crippen LogP contribution in [0.5, 0.6) is 0 Å². The summed E-state index contributed by atoms with van der Waals surface area (Å²) >= 11 is 0. The lowest BCUT2D eigenvalue weighted by atomic mass is 10.1. The van der Waals surface area contributed by atoms with Crippen molar-refractivity contribution in [2.45, 2.75) is 46.2 Å². The number of imidazole rings is 1. The van der Waals surface area contributed by atoms with Crippen LogP contribution in [0.1, 0.15) is 38.9 Å². The fourth-order valence-electron chi connectivity index (χ4n) is 2.98. The summed E-state index contributed by atoms with van der Waals surface area (Å²) in [7, 11) is -2.25. The molecule has 2 aromatic rings. The maximum Gasteiger partial charge on any atom is 0.332 e. The Labute approximate surface area is 151 Å². The Morgan fingerprint density at radius 2 is 1.81 bits per heavy atom. The Hall–Kier alpha value is -2.68. The van der Waals surface area contributed by atoms with Crippen LogP contribution in [0.2, 0.25) is 0 Å². The third-order valence-corrected chi connectivity index (χ3v) is 4.95. The lowest BCUT2D eigenvalue weighted by molar-refractivity contribution is 0.555. The minimum absolute atomic E-state index is 0.265.